The van der Waals surface area contributed by atoms with E-state index in [0.717, 1.165) is 5.56 Å². The maximum absolute atomic E-state index is 12.8. The number of benzene rings is 2. The lowest BCUT2D eigenvalue weighted by molar-refractivity contribution is -0.124. The first-order valence-corrected chi connectivity index (χ1v) is 11.3. The molecule has 0 saturated carbocycles. The first kappa shape index (κ1) is 24.4. The largest absolute Gasteiger partial charge is 0.496 e. The van der Waals surface area contributed by atoms with Crippen LogP contribution in [0.4, 0.5) is 0 Å². The zero-order valence-electron chi connectivity index (χ0n) is 18.2. The Hall–Kier alpha value is -2.91. The molecule has 2 aromatic carbocycles. The second kappa shape index (κ2) is 10.9. The van der Waals surface area contributed by atoms with E-state index in [1.165, 1.54) is 16.4 Å². The maximum Gasteiger partial charge on any atom is 0.338 e. The average molecular weight is 449 g/mol. The predicted octanol–water partition coefficient (Wildman–Crippen LogP) is 2.51. The predicted molar refractivity (Wildman–Crippen MR) is 116 cm³/mol. The number of carbonyl (C=O) groups excluding carboxylic acids is 2. The standard InChI is InChI=1S/C22H28N2O6S/c1-5-24(6-2)31(27,28)20-13-17(12-11-16(20)3)22(26)30-15-21(25)23-14-18-9-7-8-10-19(18)29-4/h7-13H,5-6,14-15H2,1-4H3,(H,23,25). The summed E-state index contributed by atoms with van der Waals surface area (Å²) in [5, 5.41) is 2.66. The molecule has 1 amide bonds. The molecule has 0 spiro atoms. The molecule has 31 heavy (non-hydrogen) atoms. The number of nitrogens with zero attached hydrogens (tertiary/aromatic N) is 1. The van der Waals surface area contributed by atoms with E-state index < -0.39 is 28.5 Å². The molecule has 2 rings (SSSR count). The van der Waals surface area contributed by atoms with Gasteiger partial charge in [-0.2, -0.15) is 4.31 Å². The Morgan fingerprint density at radius 1 is 1.06 bits per heavy atom. The van der Waals surface area contributed by atoms with Gasteiger partial charge in [-0.1, -0.05) is 38.1 Å². The molecule has 0 unspecified atom stereocenters. The van der Waals surface area contributed by atoms with E-state index in [4.69, 9.17) is 9.47 Å². The molecule has 0 heterocycles. The number of para-hydroxylation sites is 1. The molecular weight excluding hydrogens is 420 g/mol. The lowest BCUT2D eigenvalue weighted by Crippen LogP contribution is -2.31. The van der Waals surface area contributed by atoms with Crippen molar-refractivity contribution >= 4 is 21.9 Å². The van der Waals surface area contributed by atoms with Crippen LogP contribution >= 0.6 is 0 Å². The van der Waals surface area contributed by atoms with Crippen molar-refractivity contribution in [1.82, 2.24) is 9.62 Å². The van der Waals surface area contributed by atoms with Gasteiger partial charge >= 0.3 is 5.97 Å². The summed E-state index contributed by atoms with van der Waals surface area (Å²) < 4.78 is 37.3. The average Bonchev–Trinajstić information content (AvgIpc) is 2.76. The molecule has 0 saturated heterocycles. The smallest absolute Gasteiger partial charge is 0.338 e. The second-order valence-corrected chi connectivity index (χ2v) is 8.64. The number of aryl methyl sites for hydroxylation is 1. The molecule has 9 heteroatoms. The minimum absolute atomic E-state index is 0.0475. The van der Waals surface area contributed by atoms with Gasteiger partial charge in [0.25, 0.3) is 5.91 Å². The monoisotopic (exact) mass is 448 g/mol. The van der Waals surface area contributed by atoms with Gasteiger partial charge in [-0.05, 0) is 30.7 Å². The summed E-state index contributed by atoms with van der Waals surface area (Å²) in [7, 11) is -2.19. The van der Waals surface area contributed by atoms with Crippen LogP contribution in [-0.4, -0.2) is 51.4 Å². The number of nitrogens with one attached hydrogen (secondary N) is 1. The molecule has 2 aromatic rings. The van der Waals surface area contributed by atoms with E-state index in [1.54, 1.807) is 40.0 Å². The fourth-order valence-electron chi connectivity index (χ4n) is 3.02. The molecule has 0 atom stereocenters. The summed E-state index contributed by atoms with van der Waals surface area (Å²) in [4.78, 5) is 24.5. The van der Waals surface area contributed by atoms with Crippen molar-refractivity contribution in [2.24, 2.45) is 0 Å². The molecule has 0 fully saturated rings. The summed E-state index contributed by atoms with van der Waals surface area (Å²) in [5.41, 5.74) is 1.38. The van der Waals surface area contributed by atoms with E-state index in [9.17, 15) is 18.0 Å². The van der Waals surface area contributed by atoms with Crippen LogP contribution in [0.15, 0.2) is 47.4 Å². The quantitative estimate of drug-likeness (QED) is 0.561. The zero-order valence-corrected chi connectivity index (χ0v) is 19.0. The van der Waals surface area contributed by atoms with Crippen molar-refractivity contribution in [3.8, 4) is 5.75 Å². The zero-order chi connectivity index (χ0) is 23.0. The van der Waals surface area contributed by atoms with E-state index in [-0.39, 0.29) is 17.0 Å². The lowest BCUT2D eigenvalue weighted by atomic mass is 10.1. The first-order chi connectivity index (χ1) is 14.7. The van der Waals surface area contributed by atoms with Crippen molar-refractivity contribution < 1.29 is 27.5 Å². The van der Waals surface area contributed by atoms with Gasteiger partial charge in [0, 0.05) is 25.2 Å². The number of hydrogen-bond donors (Lipinski definition) is 1. The van der Waals surface area contributed by atoms with Gasteiger partial charge in [0.1, 0.15) is 5.75 Å². The Labute approximate surface area is 183 Å². The highest BCUT2D eigenvalue weighted by molar-refractivity contribution is 7.89. The fourth-order valence-corrected chi connectivity index (χ4v) is 4.72. The Bertz CT molecular complexity index is 1030. The molecule has 0 radical (unpaired) electrons. The minimum atomic E-state index is -3.73. The Morgan fingerprint density at radius 2 is 1.74 bits per heavy atom. The number of ether oxygens (including phenoxy) is 2. The Morgan fingerprint density at radius 3 is 2.39 bits per heavy atom. The van der Waals surface area contributed by atoms with Gasteiger partial charge in [0.15, 0.2) is 6.61 Å². The van der Waals surface area contributed by atoms with Crippen LogP contribution in [0.25, 0.3) is 0 Å². The first-order valence-electron chi connectivity index (χ1n) is 9.91. The molecule has 168 valence electrons. The van der Waals surface area contributed by atoms with Crippen molar-refractivity contribution in [2.45, 2.75) is 32.2 Å². The maximum atomic E-state index is 12.8. The van der Waals surface area contributed by atoms with Gasteiger partial charge in [-0.15, -0.1) is 0 Å². The van der Waals surface area contributed by atoms with Crippen molar-refractivity contribution in [3.63, 3.8) is 0 Å². The van der Waals surface area contributed by atoms with Gasteiger partial charge in [-0.3, -0.25) is 4.79 Å². The molecule has 0 bridgehead atoms. The molecular formula is C22H28N2O6S. The van der Waals surface area contributed by atoms with Crippen molar-refractivity contribution in [1.29, 1.82) is 0 Å². The highest BCUT2D eigenvalue weighted by atomic mass is 32.2. The van der Waals surface area contributed by atoms with Gasteiger partial charge < -0.3 is 14.8 Å². The molecule has 0 aliphatic heterocycles. The summed E-state index contributed by atoms with van der Waals surface area (Å²) >= 11 is 0. The van der Waals surface area contributed by atoms with Crippen LogP contribution < -0.4 is 10.1 Å². The van der Waals surface area contributed by atoms with E-state index >= 15 is 0 Å². The number of hydrogen-bond acceptors (Lipinski definition) is 6. The van der Waals surface area contributed by atoms with Crippen molar-refractivity contribution in [3.05, 3.63) is 59.2 Å². The van der Waals surface area contributed by atoms with Crippen LogP contribution in [0, 0.1) is 6.92 Å². The number of esters is 1. The molecule has 1 N–H and O–H groups in total. The van der Waals surface area contributed by atoms with Crippen LogP contribution in [0.2, 0.25) is 0 Å². The normalized spacial score (nSPS) is 11.3. The summed E-state index contributed by atoms with van der Waals surface area (Å²) in [6, 6.07) is 11.6. The van der Waals surface area contributed by atoms with Crippen LogP contribution in [-0.2, 0) is 26.1 Å². The molecule has 0 aromatic heterocycles. The summed E-state index contributed by atoms with van der Waals surface area (Å²) in [6.07, 6.45) is 0. The van der Waals surface area contributed by atoms with Gasteiger partial charge in [0.05, 0.1) is 17.6 Å². The van der Waals surface area contributed by atoms with Crippen LogP contribution in [0.5, 0.6) is 5.75 Å². The SMILES string of the molecule is CCN(CC)S(=O)(=O)c1cc(C(=O)OCC(=O)NCc2ccccc2OC)ccc1C. The summed E-state index contributed by atoms with van der Waals surface area (Å²) in [6.45, 7) is 5.53. The topological polar surface area (TPSA) is 102 Å². The van der Waals surface area contributed by atoms with Gasteiger partial charge in [0.2, 0.25) is 10.0 Å². The third kappa shape index (κ3) is 6.05. The lowest BCUT2D eigenvalue weighted by Gasteiger charge is -2.20. The van der Waals surface area contributed by atoms with Crippen molar-refractivity contribution in [2.75, 3.05) is 26.8 Å². The molecule has 0 aliphatic rings. The third-order valence-corrected chi connectivity index (χ3v) is 6.94. The molecule has 8 nitrogen and oxygen atoms in total. The van der Waals surface area contributed by atoms with E-state index in [1.807, 2.05) is 18.2 Å². The molecule has 0 aliphatic carbocycles. The second-order valence-electron chi connectivity index (χ2n) is 6.73. The number of rotatable bonds is 10. The number of methoxy groups -OCH3 is 1. The highest BCUT2D eigenvalue weighted by Crippen LogP contribution is 2.22. The Balaban J connectivity index is 2.03. The summed E-state index contributed by atoms with van der Waals surface area (Å²) in [5.74, 6) is -0.618. The van der Waals surface area contributed by atoms with E-state index in [0.29, 0.717) is 24.4 Å². The number of amides is 1. The minimum Gasteiger partial charge on any atom is -0.496 e. The van der Waals surface area contributed by atoms with Gasteiger partial charge in [-0.25, -0.2) is 13.2 Å². The fraction of sp³-hybridized carbons (Fsp3) is 0.364. The highest BCUT2D eigenvalue weighted by Gasteiger charge is 2.25. The Kier molecular flexibility index (Phi) is 8.58. The third-order valence-electron chi connectivity index (χ3n) is 4.75. The number of sulfonamides is 1. The van der Waals surface area contributed by atoms with Crippen LogP contribution in [0.1, 0.15) is 35.3 Å². The van der Waals surface area contributed by atoms with Crippen LogP contribution in [0.3, 0.4) is 0 Å². The number of carbonyl (C=O) groups is 2. The van der Waals surface area contributed by atoms with E-state index in [2.05, 4.69) is 5.32 Å².